The molecule has 2 aliphatic carbocycles. The van der Waals surface area contributed by atoms with Crippen LogP contribution in [0.3, 0.4) is 0 Å². The lowest BCUT2D eigenvalue weighted by molar-refractivity contribution is 0.117. The fraction of sp³-hybridized carbons (Fsp3) is 0.824. The van der Waals surface area contributed by atoms with Gasteiger partial charge in [0.1, 0.15) is 5.15 Å². The van der Waals surface area contributed by atoms with Gasteiger partial charge in [0, 0.05) is 18.7 Å². The molecule has 0 radical (unpaired) electrons. The smallest absolute Gasteiger partial charge is 0.130 e. The lowest BCUT2D eigenvalue weighted by atomic mass is 9.66. The molecule has 1 aromatic heterocycles. The number of fused-ring (bicyclic) bond motifs is 1. The molecule has 0 bridgehead atoms. The van der Waals surface area contributed by atoms with Gasteiger partial charge in [0.25, 0.3) is 0 Å². The van der Waals surface area contributed by atoms with Crippen LogP contribution in [0.5, 0.6) is 0 Å². The highest BCUT2D eigenvalue weighted by molar-refractivity contribution is 6.30. The maximum atomic E-state index is 6.55. The monoisotopic (exact) mass is 309 g/mol. The number of rotatable bonds is 3. The van der Waals surface area contributed by atoms with Gasteiger partial charge in [0.2, 0.25) is 0 Å². The summed E-state index contributed by atoms with van der Waals surface area (Å²) in [5, 5.41) is 5.16. The van der Waals surface area contributed by atoms with Gasteiger partial charge < -0.3 is 5.73 Å². The van der Waals surface area contributed by atoms with E-state index in [0.29, 0.717) is 5.92 Å². The highest BCUT2D eigenvalue weighted by Crippen LogP contribution is 2.43. The van der Waals surface area contributed by atoms with Crippen molar-refractivity contribution in [2.75, 3.05) is 0 Å². The zero-order valence-corrected chi connectivity index (χ0v) is 14.1. The third kappa shape index (κ3) is 3.14. The van der Waals surface area contributed by atoms with Crippen LogP contribution in [0.15, 0.2) is 0 Å². The topological polar surface area (TPSA) is 43.8 Å². The standard InChI is InChI=1S/C17H28ClN3/c1-11-15(17(18)21(2)20-11)10-16(19)14-8-7-12-5-3-4-6-13(12)9-14/h12-14,16H,3-10,19H2,1-2H3. The van der Waals surface area contributed by atoms with E-state index in [9.17, 15) is 0 Å². The second kappa shape index (κ2) is 6.29. The molecular formula is C17H28ClN3. The van der Waals surface area contributed by atoms with Crippen LogP contribution < -0.4 is 5.73 Å². The number of aryl methyl sites for hydroxylation is 2. The molecular weight excluding hydrogens is 282 g/mol. The summed E-state index contributed by atoms with van der Waals surface area (Å²) in [6.45, 7) is 2.03. The number of hydrogen-bond acceptors (Lipinski definition) is 2. The first kappa shape index (κ1) is 15.4. The molecule has 3 rings (SSSR count). The van der Waals surface area contributed by atoms with Crippen LogP contribution in [-0.4, -0.2) is 15.8 Å². The molecule has 2 aliphatic rings. The Morgan fingerprint density at radius 3 is 2.62 bits per heavy atom. The van der Waals surface area contributed by atoms with Crippen molar-refractivity contribution < 1.29 is 0 Å². The number of nitrogens with two attached hydrogens (primary N) is 1. The van der Waals surface area contributed by atoms with Crippen molar-refractivity contribution in [3.63, 3.8) is 0 Å². The molecule has 0 spiro atoms. The van der Waals surface area contributed by atoms with Crippen LogP contribution >= 0.6 is 11.6 Å². The van der Waals surface area contributed by atoms with Crippen molar-refractivity contribution in [2.45, 2.75) is 64.3 Å². The average Bonchev–Trinajstić information content (AvgIpc) is 2.73. The van der Waals surface area contributed by atoms with Crippen molar-refractivity contribution >= 4 is 11.6 Å². The summed E-state index contributed by atoms with van der Waals surface area (Å²) >= 11 is 6.35. The Morgan fingerprint density at radius 1 is 1.24 bits per heavy atom. The maximum Gasteiger partial charge on any atom is 0.130 e. The zero-order valence-electron chi connectivity index (χ0n) is 13.3. The van der Waals surface area contributed by atoms with Crippen LogP contribution in [0.25, 0.3) is 0 Å². The molecule has 1 heterocycles. The van der Waals surface area contributed by atoms with Crippen LogP contribution in [0.2, 0.25) is 5.15 Å². The predicted octanol–water partition coefficient (Wildman–Crippen LogP) is 3.86. The second-order valence-electron chi connectivity index (χ2n) is 7.22. The zero-order chi connectivity index (χ0) is 15.0. The summed E-state index contributed by atoms with van der Waals surface area (Å²) in [5.74, 6) is 2.60. The molecule has 2 N–H and O–H groups in total. The molecule has 0 amide bonds. The quantitative estimate of drug-likeness (QED) is 0.921. The van der Waals surface area contributed by atoms with Crippen molar-refractivity contribution in [3.05, 3.63) is 16.4 Å². The summed E-state index contributed by atoms with van der Waals surface area (Å²) in [5.41, 5.74) is 8.74. The Kier molecular flexibility index (Phi) is 4.60. The second-order valence-corrected chi connectivity index (χ2v) is 7.58. The van der Waals surface area contributed by atoms with E-state index in [1.807, 2.05) is 14.0 Å². The number of hydrogen-bond donors (Lipinski definition) is 1. The van der Waals surface area contributed by atoms with Crippen LogP contribution in [-0.2, 0) is 13.5 Å². The predicted molar refractivity (Wildman–Crippen MR) is 87.4 cm³/mol. The van der Waals surface area contributed by atoms with E-state index in [-0.39, 0.29) is 6.04 Å². The molecule has 0 aliphatic heterocycles. The van der Waals surface area contributed by atoms with Crippen molar-refractivity contribution in [3.8, 4) is 0 Å². The van der Waals surface area contributed by atoms with Crippen LogP contribution in [0.1, 0.15) is 56.2 Å². The molecule has 4 heteroatoms. The SMILES string of the molecule is Cc1nn(C)c(Cl)c1CC(N)C1CCC2CCCCC2C1. The van der Waals surface area contributed by atoms with Gasteiger partial charge in [-0.05, 0) is 50.4 Å². The van der Waals surface area contributed by atoms with E-state index in [1.165, 1.54) is 44.9 Å². The van der Waals surface area contributed by atoms with E-state index in [0.717, 1.165) is 34.7 Å². The van der Waals surface area contributed by atoms with E-state index < -0.39 is 0 Å². The minimum absolute atomic E-state index is 0.230. The molecule has 4 atom stereocenters. The molecule has 0 aromatic carbocycles. The molecule has 2 saturated carbocycles. The van der Waals surface area contributed by atoms with Gasteiger partial charge in [-0.2, -0.15) is 5.10 Å². The van der Waals surface area contributed by atoms with Gasteiger partial charge in [0.05, 0.1) is 5.69 Å². The van der Waals surface area contributed by atoms with E-state index >= 15 is 0 Å². The number of halogens is 1. The van der Waals surface area contributed by atoms with Gasteiger partial charge >= 0.3 is 0 Å². The molecule has 3 nitrogen and oxygen atoms in total. The van der Waals surface area contributed by atoms with Crippen molar-refractivity contribution in [2.24, 2.45) is 30.5 Å². The van der Waals surface area contributed by atoms with Gasteiger partial charge in [-0.3, -0.25) is 4.68 Å². The number of aromatic nitrogens is 2. The highest BCUT2D eigenvalue weighted by Gasteiger charge is 2.34. The minimum Gasteiger partial charge on any atom is -0.327 e. The summed E-state index contributed by atoms with van der Waals surface area (Å²) in [4.78, 5) is 0. The molecule has 118 valence electrons. The van der Waals surface area contributed by atoms with Gasteiger partial charge in [-0.25, -0.2) is 0 Å². The largest absolute Gasteiger partial charge is 0.327 e. The molecule has 21 heavy (non-hydrogen) atoms. The molecule has 4 unspecified atom stereocenters. The van der Waals surface area contributed by atoms with Crippen LogP contribution in [0, 0.1) is 24.7 Å². The fourth-order valence-corrected chi connectivity index (χ4v) is 4.86. The van der Waals surface area contributed by atoms with E-state index in [1.54, 1.807) is 4.68 Å². The molecule has 1 aromatic rings. The third-order valence-electron chi connectivity index (χ3n) is 5.90. The van der Waals surface area contributed by atoms with E-state index in [4.69, 9.17) is 17.3 Å². The average molecular weight is 310 g/mol. The Morgan fingerprint density at radius 2 is 1.95 bits per heavy atom. The Hall–Kier alpha value is -0.540. The normalized spacial score (nSPS) is 31.0. The lowest BCUT2D eigenvalue weighted by Crippen LogP contribution is -2.39. The fourth-order valence-electron chi connectivity index (χ4n) is 4.61. The first-order valence-electron chi connectivity index (χ1n) is 8.49. The Labute approximate surface area is 133 Å². The first-order valence-corrected chi connectivity index (χ1v) is 8.87. The highest BCUT2D eigenvalue weighted by atomic mass is 35.5. The number of nitrogens with zero attached hydrogens (tertiary/aromatic N) is 2. The summed E-state index contributed by atoms with van der Waals surface area (Å²) in [7, 11) is 1.90. The van der Waals surface area contributed by atoms with Crippen molar-refractivity contribution in [1.29, 1.82) is 0 Å². The van der Waals surface area contributed by atoms with Gasteiger partial charge in [-0.15, -0.1) is 0 Å². The van der Waals surface area contributed by atoms with Gasteiger partial charge in [0.15, 0.2) is 0 Å². The first-order chi connectivity index (χ1) is 10.1. The molecule has 0 saturated heterocycles. The Bertz CT molecular complexity index is 496. The maximum absolute atomic E-state index is 6.55. The minimum atomic E-state index is 0.230. The molecule has 2 fully saturated rings. The van der Waals surface area contributed by atoms with E-state index in [2.05, 4.69) is 5.10 Å². The van der Waals surface area contributed by atoms with Gasteiger partial charge in [-0.1, -0.05) is 37.3 Å². The third-order valence-corrected chi connectivity index (χ3v) is 6.37. The lowest BCUT2D eigenvalue weighted by Gasteiger charge is -2.41. The Balaban J connectivity index is 1.64. The summed E-state index contributed by atoms with van der Waals surface area (Å²) in [6, 6.07) is 0.230. The van der Waals surface area contributed by atoms with Crippen molar-refractivity contribution in [1.82, 2.24) is 9.78 Å². The van der Waals surface area contributed by atoms with Crippen LogP contribution in [0.4, 0.5) is 0 Å². The summed E-state index contributed by atoms with van der Waals surface area (Å²) in [6.07, 6.45) is 10.7. The summed E-state index contributed by atoms with van der Waals surface area (Å²) < 4.78 is 1.76.